The van der Waals surface area contributed by atoms with Gasteiger partial charge in [0.1, 0.15) is 5.75 Å². The minimum Gasteiger partial charge on any atom is -0.453 e. The maximum Gasteiger partial charge on any atom is 0.221 e. The topological polar surface area (TPSA) is 29.1 Å². The summed E-state index contributed by atoms with van der Waals surface area (Å²) in [5.74, 6) is 0.829. The molecule has 2 nitrogen and oxygen atoms in total. The molecular formula is C12H8O2. The highest BCUT2D eigenvalue weighted by molar-refractivity contribution is 5.40. The number of ether oxygens (including phenoxy) is 1. The number of para-hydroxylation sites is 1. The molecule has 0 N–H and O–H groups in total. The zero-order valence-electron chi connectivity index (χ0n) is 7.44. The van der Waals surface area contributed by atoms with Crippen LogP contribution < -0.4 is 4.74 Å². The second kappa shape index (κ2) is 3.83. The Morgan fingerprint density at radius 1 is 1.07 bits per heavy atom. The van der Waals surface area contributed by atoms with Crippen LogP contribution in [0.3, 0.4) is 0 Å². The highest BCUT2D eigenvalue weighted by atomic mass is 16.5. The van der Waals surface area contributed by atoms with Gasteiger partial charge in [0.2, 0.25) is 5.75 Å². The van der Waals surface area contributed by atoms with Crippen LogP contribution >= 0.6 is 0 Å². The molecule has 0 bridgehead atoms. The molecule has 0 aromatic heterocycles. The molecule has 68 valence electrons. The molecule has 0 unspecified atom stereocenters. The summed E-state index contributed by atoms with van der Waals surface area (Å²) in [5, 5.41) is 11.3. The van der Waals surface area contributed by atoms with Gasteiger partial charge >= 0.3 is 0 Å². The standard InChI is InChI=1S/C12H8O2/c13-11-8-4-5-9-12(11)14-10-6-2-1-3-7-10/h1-4,6-9H. The maximum absolute atomic E-state index is 11.3. The lowest BCUT2D eigenvalue weighted by molar-refractivity contribution is 0.329. The summed E-state index contributed by atoms with van der Waals surface area (Å²) in [6.45, 7) is 0. The third-order valence-corrected chi connectivity index (χ3v) is 1.76. The lowest BCUT2D eigenvalue weighted by Crippen LogP contribution is -1.82. The second-order valence-corrected chi connectivity index (χ2v) is 2.79. The lowest BCUT2D eigenvalue weighted by Gasteiger charge is -2.04. The quantitative estimate of drug-likeness (QED) is 0.703. The SMILES string of the molecule is [O]c1cc[c]cc1Oc1ccccc1. The molecule has 0 aliphatic heterocycles. The van der Waals surface area contributed by atoms with Gasteiger partial charge in [-0.2, -0.15) is 0 Å². The summed E-state index contributed by atoms with van der Waals surface area (Å²) in [4.78, 5) is 0. The summed E-state index contributed by atoms with van der Waals surface area (Å²) in [5.41, 5.74) is 0. The molecule has 0 aliphatic carbocycles. The fourth-order valence-corrected chi connectivity index (χ4v) is 1.10. The van der Waals surface area contributed by atoms with Gasteiger partial charge in [0.25, 0.3) is 0 Å². The maximum atomic E-state index is 11.3. The first-order valence-corrected chi connectivity index (χ1v) is 4.26. The first-order chi connectivity index (χ1) is 6.86. The highest BCUT2D eigenvalue weighted by Crippen LogP contribution is 2.29. The van der Waals surface area contributed by atoms with Crippen LogP contribution in [0.4, 0.5) is 0 Å². The molecule has 0 saturated carbocycles. The molecule has 0 saturated heterocycles. The minimum absolute atomic E-state index is 0.132. The monoisotopic (exact) mass is 184 g/mol. The molecular weight excluding hydrogens is 176 g/mol. The highest BCUT2D eigenvalue weighted by Gasteiger charge is 2.02. The van der Waals surface area contributed by atoms with Gasteiger partial charge in [-0.25, -0.2) is 0 Å². The van der Waals surface area contributed by atoms with E-state index >= 15 is 0 Å². The van der Waals surface area contributed by atoms with E-state index < -0.39 is 0 Å². The Bertz CT molecular complexity index is 410. The molecule has 0 aliphatic rings. The molecule has 0 atom stereocenters. The third kappa shape index (κ3) is 1.85. The van der Waals surface area contributed by atoms with Crippen LogP contribution in [0, 0.1) is 6.07 Å². The molecule has 2 radical (unpaired) electrons. The van der Waals surface area contributed by atoms with Crippen molar-refractivity contribution in [3.8, 4) is 17.2 Å². The lowest BCUT2D eigenvalue weighted by atomic mass is 10.3. The molecule has 2 aromatic rings. The van der Waals surface area contributed by atoms with Crippen molar-refractivity contribution in [2.24, 2.45) is 0 Å². The van der Waals surface area contributed by atoms with Crippen molar-refractivity contribution in [3.63, 3.8) is 0 Å². The van der Waals surface area contributed by atoms with Gasteiger partial charge in [0.15, 0.2) is 5.75 Å². The van der Waals surface area contributed by atoms with Crippen LogP contribution in [0.5, 0.6) is 17.2 Å². The van der Waals surface area contributed by atoms with E-state index in [4.69, 9.17) is 4.74 Å². The van der Waals surface area contributed by atoms with Crippen molar-refractivity contribution >= 4 is 0 Å². The van der Waals surface area contributed by atoms with Gasteiger partial charge in [0, 0.05) is 0 Å². The fourth-order valence-electron chi connectivity index (χ4n) is 1.10. The van der Waals surface area contributed by atoms with Gasteiger partial charge in [-0.3, -0.25) is 5.11 Å². The minimum atomic E-state index is -0.132. The number of hydrogen-bond donors (Lipinski definition) is 0. The summed E-state index contributed by atoms with van der Waals surface area (Å²) >= 11 is 0. The van der Waals surface area contributed by atoms with Gasteiger partial charge in [-0.1, -0.05) is 24.3 Å². The van der Waals surface area contributed by atoms with Crippen LogP contribution in [0.25, 0.3) is 0 Å². The Morgan fingerprint density at radius 2 is 1.86 bits per heavy atom. The van der Waals surface area contributed by atoms with E-state index in [-0.39, 0.29) is 5.75 Å². The zero-order chi connectivity index (χ0) is 9.80. The van der Waals surface area contributed by atoms with Crippen LogP contribution in [-0.2, 0) is 5.11 Å². The van der Waals surface area contributed by atoms with Crippen molar-refractivity contribution < 1.29 is 9.84 Å². The number of rotatable bonds is 2. The van der Waals surface area contributed by atoms with E-state index in [2.05, 4.69) is 6.07 Å². The van der Waals surface area contributed by atoms with Crippen molar-refractivity contribution in [1.29, 1.82) is 0 Å². The normalized spacial score (nSPS) is 9.71. The fraction of sp³-hybridized carbons (Fsp3) is 0. The van der Waals surface area contributed by atoms with E-state index in [9.17, 15) is 5.11 Å². The molecule has 0 fully saturated rings. The molecule has 0 amide bonds. The predicted octanol–water partition coefficient (Wildman–Crippen LogP) is 3.42. The molecule has 0 spiro atoms. The first kappa shape index (κ1) is 8.63. The van der Waals surface area contributed by atoms with Crippen LogP contribution in [0.1, 0.15) is 0 Å². The average molecular weight is 184 g/mol. The van der Waals surface area contributed by atoms with Gasteiger partial charge in [-0.15, -0.1) is 0 Å². The van der Waals surface area contributed by atoms with Crippen molar-refractivity contribution in [2.45, 2.75) is 0 Å². The summed E-state index contributed by atoms with van der Waals surface area (Å²) in [6.07, 6.45) is 0. The van der Waals surface area contributed by atoms with Crippen molar-refractivity contribution in [1.82, 2.24) is 0 Å². The molecule has 2 aromatic carbocycles. The van der Waals surface area contributed by atoms with Gasteiger partial charge in [0.05, 0.1) is 0 Å². The summed E-state index contributed by atoms with van der Waals surface area (Å²) < 4.78 is 5.37. The molecule has 0 heterocycles. The van der Waals surface area contributed by atoms with E-state index in [1.165, 1.54) is 12.1 Å². The average Bonchev–Trinajstić information content (AvgIpc) is 2.23. The van der Waals surface area contributed by atoms with Gasteiger partial charge in [-0.05, 0) is 30.3 Å². The summed E-state index contributed by atoms with van der Waals surface area (Å²) in [6, 6.07) is 16.5. The van der Waals surface area contributed by atoms with E-state index in [1.807, 2.05) is 18.2 Å². The van der Waals surface area contributed by atoms with E-state index in [0.29, 0.717) is 11.5 Å². The van der Waals surface area contributed by atoms with Crippen molar-refractivity contribution in [2.75, 3.05) is 0 Å². The Balaban J connectivity index is 2.24. The third-order valence-electron chi connectivity index (χ3n) is 1.76. The Labute approximate surface area is 82.4 Å². The Morgan fingerprint density at radius 3 is 2.57 bits per heavy atom. The molecule has 2 heteroatoms. The second-order valence-electron chi connectivity index (χ2n) is 2.79. The Kier molecular flexibility index (Phi) is 2.36. The number of hydrogen-bond acceptors (Lipinski definition) is 1. The molecule has 14 heavy (non-hydrogen) atoms. The van der Waals surface area contributed by atoms with Crippen LogP contribution in [-0.4, -0.2) is 0 Å². The summed E-state index contributed by atoms with van der Waals surface area (Å²) in [7, 11) is 0. The Hall–Kier alpha value is -1.96. The van der Waals surface area contributed by atoms with Crippen LogP contribution in [0.15, 0.2) is 48.5 Å². The largest absolute Gasteiger partial charge is 0.453 e. The number of benzene rings is 2. The van der Waals surface area contributed by atoms with Gasteiger partial charge < -0.3 is 4.74 Å². The first-order valence-electron chi connectivity index (χ1n) is 4.26. The van der Waals surface area contributed by atoms with E-state index in [0.717, 1.165) is 0 Å². The smallest absolute Gasteiger partial charge is 0.221 e. The molecule has 2 rings (SSSR count). The van der Waals surface area contributed by atoms with Crippen molar-refractivity contribution in [3.05, 3.63) is 54.6 Å². The van der Waals surface area contributed by atoms with E-state index in [1.54, 1.807) is 18.2 Å². The predicted molar refractivity (Wildman–Crippen MR) is 51.9 cm³/mol. The van der Waals surface area contributed by atoms with Crippen LogP contribution in [0.2, 0.25) is 0 Å². The zero-order valence-corrected chi connectivity index (χ0v) is 7.44.